The zero-order valence-corrected chi connectivity index (χ0v) is 15.9. The van der Waals surface area contributed by atoms with Gasteiger partial charge in [-0.15, -0.1) is 11.3 Å². The third kappa shape index (κ3) is 4.90. The third-order valence-corrected chi connectivity index (χ3v) is 4.94. The van der Waals surface area contributed by atoms with Crippen LogP contribution in [0.25, 0.3) is 16.2 Å². The van der Waals surface area contributed by atoms with E-state index in [0.29, 0.717) is 0 Å². The Morgan fingerprint density at radius 2 is 2.00 bits per heavy atom. The second kappa shape index (κ2) is 10.2. The number of rotatable bonds is 2. The van der Waals surface area contributed by atoms with Crippen molar-refractivity contribution >= 4 is 33.7 Å². The van der Waals surface area contributed by atoms with Gasteiger partial charge in [0.2, 0.25) is 0 Å². The molecule has 0 saturated carbocycles. The molecule has 3 rings (SSSR count). The lowest BCUT2D eigenvalue weighted by Crippen LogP contribution is -1.90. The first-order valence-corrected chi connectivity index (χ1v) is 9.36. The van der Waals surface area contributed by atoms with Gasteiger partial charge in [-0.25, -0.2) is 0 Å². The van der Waals surface area contributed by atoms with Crippen LogP contribution in [0, 0.1) is 12.3 Å². The monoisotopic (exact) mass is 327 g/mol. The number of allylic oxidation sites excluding steroid dienone is 3. The number of hydrogen-bond donors (Lipinski definition) is 1. The van der Waals surface area contributed by atoms with E-state index in [9.17, 15) is 0 Å². The first-order valence-electron chi connectivity index (χ1n) is 8.54. The second-order valence-electron chi connectivity index (χ2n) is 5.21. The lowest BCUT2D eigenvalue weighted by Gasteiger charge is -2.06. The van der Waals surface area contributed by atoms with Crippen molar-refractivity contribution in [2.75, 3.05) is 0 Å². The normalized spacial score (nSPS) is 12.2. The molecule has 1 heterocycles. The Morgan fingerprint density at radius 1 is 1.26 bits per heavy atom. The Bertz CT molecular complexity index is 689. The minimum absolute atomic E-state index is 1.14. The molecule has 1 nitrogen and oxygen atoms in total. The van der Waals surface area contributed by atoms with E-state index in [0.717, 1.165) is 6.42 Å². The van der Waals surface area contributed by atoms with E-state index in [1.165, 1.54) is 45.1 Å². The number of benzene rings is 1. The van der Waals surface area contributed by atoms with E-state index in [2.05, 4.69) is 38.1 Å². The summed E-state index contributed by atoms with van der Waals surface area (Å²) in [5.41, 5.74) is 4.53. The number of thiophene rings is 1. The number of fused-ring (bicyclic) bond motifs is 3. The summed E-state index contributed by atoms with van der Waals surface area (Å²) in [4.78, 5) is 1.48. The van der Waals surface area contributed by atoms with Gasteiger partial charge in [0.15, 0.2) is 0 Å². The molecule has 0 amide bonds. The molecule has 0 aliphatic heterocycles. The molecule has 1 N–H and O–H groups in total. The van der Waals surface area contributed by atoms with Crippen LogP contribution in [0.1, 0.15) is 55.7 Å². The summed E-state index contributed by atoms with van der Waals surface area (Å²) in [7, 11) is 0. The Labute approximate surface area is 145 Å². The van der Waals surface area contributed by atoms with Crippen molar-refractivity contribution in [3.05, 3.63) is 51.9 Å². The highest BCUT2D eigenvalue weighted by molar-refractivity contribution is 7.20. The van der Waals surface area contributed by atoms with E-state index >= 15 is 0 Å². The summed E-state index contributed by atoms with van der Waals surface area (Å²) in [6.07, 6.45) is 12.9. The van der Waals surface area contributed by atoms with E-state index in [1.807, 2.05) is 38.2 Å². The summed E-state index contributed by atoms with van der Waals surface area (Å²) in [6.45, 7) is 10.4. The predicted octanol–water partition coefficient (Wildman–Crippen LogP) is 6.97. The summed E-state index contributed by atoms with van der Waals surface area (Å²) >= 11 is 1.95. The third-order valence-electron chi connectivity index (χ3n) is 3.78. The van der Waals surface area contributed by atoms with Crippen LogP contribution in [0.5, 0.6) is 0 Å². The molecule has 2 heteroatoms. The highest BCUT2D eigenvalue weighted by Crippen LogP contribution is 2.37. The van der Waals surface area contributed by atoms with Crippen LogP contribution in [0.4, 0.5) is 0 Å². The first kappa shape index (κ1) is 19.4. The SMILES string of the molecule is C/C=C\C=N.CC.CCc1cc2c3c(sc2cc1C)C=CCC3. The average Bonchev–Trinajstić information content (AvgIpc) is 2.94. The largest absolute Gasteiger partial charge is 0.309 e. The van der Waals surface area contributed by atoms with Crippen LogP contribution in [0.2, 0.25) is 0 Å². The molecular formula is C21H29NS. The van der Waals surface area contributed by atoms with E-state index < -0.39 is 0 Å². The Hall–Kier alpha value is -1.67. The molecule has 0 bridgehead atoms. The van der Waals surface area contributed by atoms with Crippen LogP contribution >= 0.6 is 11.3 Å². The molecule has 0 fully saturated rings. The van der Waals surface area contributed by atoms with Gasteiger partial charge in [-0.05, 0) is 79.5 Å². The smallest absolute Gasteiger partial charge is 0.0354 e. The molecule has 1 aliphatic carbocycles. The van der Waals surface area contributed by atoms with Gasteiger partial charge in [0.1, 0.15) is 0 Å². The number of hydrogen-bond acceptors (Lipinski definition) is 2. The van der Waals surface area contributed by atoms with Crippen molar-refractivity contribution in [3.63, 3.8) is 0 Å². The average molecular weight is 328 g/mol. The molecule has 1 aliphatic rings. The quantitative estimate of drug-likeness (QED) is 0.576. The predicted molar refractivity (Wildman–Crippen MR) is 108 cm³/mol. The van der Waals surface area contributed by atoms with Gasteiger partial charge in [-0.2, -0.15) is 0 Å². The highest BCUT2D eigenvalue weighted by atomic mass is 32.1. The van der Waals surface area contributed by atoms with Crippen molar-refractivity contribution in [2.45, 2.75) is 53.9 Å². The second-order valence-corrected chi connectivity index (χ2v) is 6.29. The Kier molecular flexibility index (Phi) is 8.57. The van der Waals surface area contributed by atoms with Crippen LogP contribution in [-0.2, 0) is 12.8 Å². The summed E-state index contributed by atoms with van der Waals surface area (Å²) < 4.78 is 1.46. The number of nitrogens with one attached hydrogen (secondary N) is 1. The van der Waals surface area contributed by atoms with Gasteiger partial charge in [-0.1, -0.05) is 32.9 Å². The summed E-state index contributed by atoms with van der Waals surface area (Å²) in [5, 5.41) is 7.90. The molecule has 0 radical (unpaired) electrons. The van der Waals surface area contributed by atoms with Crippen LogP contribution in [0.15, 0.2) is 30.4 Å². The van der Waals surface area contributed by atoms with E-state index in [4.69, 9.17) is 5.41 Å². The Balaban J connectivity index is 0.000000327. The molecule has 124 valence electrons. The number of aryl methyl sites for hydroxylation is 3. The zero-order valence-electron chi connectivity index (χ0n) is 15.1. The van der Waals surface area contributed by atoms with Crippen LogP contribution in [-0.4, -0.2) is 6.21 Å². The van der Waals surface area contributed by atoms with E-state index in [1.54, 1.807) is 11.6 Å². The fourth-order valence-corrected chi connectivity index (χ4v) is 3.91. The lowest BCUT2D eigenvalue weighted by molar-refractivity contribution is 1.00. The maximum absolute atomic E-state index is 6.39. The fraction of sp³-hybridized carbons (Fsp3) is 0.381. The van der Waals surface area contributed by atoms with Crippen molar-refractivity contribution in [3.8, 4) is 0 Å². The van der Waals surface area contributed by atoms with Crippen LogP contribution in [0.3, 0.4) is 0 Å². The zero-order chi connectivity index (χ0) is 17.2. The lowest BCUT2D eigenvalue weighted by atomic mass is 9.97. The molecule has 0 atom stereocenters. The van der Waals surface area contributed by atoms with Gasteiger partial charge in [-0.3, -0.25) is 0 Å². The Morgan fingerprint density at radius 3 is 2.57 bits per heavy atom. The molecule has 1 aromatic carbocycles. The maximum Gasteiger partial charge on any atom is 0.0354 e. The van der Waals surface area contributed by atoms with Crippen molar-refractivity contribution in [1.82, 2.24) is 0 Å². The van der Waals surface area contributed by atoms with Gasteiger partial charge < -0.3 is 5.41 Å². The summed E-state index contributed by atoms with van der Waals surface area (Å²) in [5.74, 6) is 0. The minimum Gasteiger partial charge on any atom is -0.309 e. The molecule has 2 aromatic rings. The summed E-state index contributed by atoms with van der Waals surface area (Å²) in [6, 6.07) is 4.78. The molecule has 23 heavy (non-hydrogen) atoms. The van der Waals surface area contributed by atoms with Gasteiger partial charge in [0, 0.05) is 15.8 Å². The molecule has 0 spiro atoms. The van der Waals surface area contributed by atoms with Gasteiger partial charge in [0.25, 0.3) is 0 Å². The molecule has 1 aromatic heterocycles. The molecule has 0 unspecified atom stereocenters. The maximum atomic E-state index is 6.39. The van der Waals surface area contributed by atoms with Crippen molar-refractivity contribution in [2.24, 2.45) is 0 Å². The van der Waals surface area contributed by atoms with Gasteiger partial charge >= 0.3 is 0 Å². The minimum atomic E-state index is 1.14. The van der Waals surface area contributed by atoms with Crippen LogP contribution < -0.4 is 0 Å². The molecule has 0 saturated heterocycles. The topological polar surface area (TPSA) is 23.9 Å². The highest BCUT2D eigenvalue weighted by Gasteiger charge is 2.13. The van der Waals surface area contributed by atoms with E-state index in [-0.39, 0.29) is 0 Å². The molecular weight excluding hydrogens is 298 g/mol. The fourth-order valence-electron chi connectivity index (χ4n) is 2.65. The van der Waals surface area contributed by atoms with Gasteiger partial charge in [0.05, 0.1) is 0 Å². The van der Waals surface area contributed by atoms with Crippen molar-refractivity contribution < 1.29 is 0 Å². The van der Waals surface area contributed by atoms with Crippen molar-refractivity contribution in [1.29, 1.82) is 5.41 Å². The standard InChI is InChI=1S/C15H16S.C4H7N.C2H6/c1-3-11-9-13-12-6-4-5-7-14(12)16-15(13)8-10(11)2;1-2-3-4-5;1-2/h5,7-9H,3-4,6H2,1-2H3;2-5H,1H3;1-2H3/b;3-2-,5-4?;. The first-order chi connectivity index (χ1) is 11.2.